The van der Waals surface area contributed by atoms with Gasteiger partial charge in [0.1, 0.15) is 29.2 Å². The second-order valence-electron chi connectivity index (χ2n) is 12.8. The van der Waals surface area contributed by atoms with E-state index >= 15 is 0 Å². The number of hydrogen-bond donors (Lipinski definition) is 4. The topological polar surface area (TPSA) is 128 Å². The Morgan fingerprint density at radius 2 is 1.48 bits per heavy atom. The zero-order valence-corrected chi connectivity index (χ0v) is 27.2. The second-order valence-corrected chi connectivity index (χ2v) is 13.2. The summed E-state index contributed by atoms with van der Waals surface area (Å²) in [4.78, 5) is 43.3. The summed E-state index contributed by atoms with van der Waals surface area (Å²) < 4.78 is 5.48. The van der Waals surface area contributed by atoms with Gasteiger partial charge in [-0.15, -0.1) is 0 Å². The molecule has 44 heavy (non-hydrogen) atoms. The van der Waals surface area contributed by atoms with Crippen LogP contribution in [0.25, 0.3) is 0 Å². The Labute approximate surface area is 264 Å². The summed E-state index contributed by atoms with van der Waals surface area (Å²) in [6, 6.07) is 13.9. The largest absolute Gasteiger partial charge is 0.508 e. The third-order valence-electron chi connectivity index (χ3n) is 6.87. The highest BCUT2D eigenvalue weighted by Gasteiger charge is 2.43. The van der Waals surface area contributed by atoms with E-state index in [9.17, 15) is 24.6 Å². The average molecular weight is 624 g/mol. The summed E-state index contributed by atoms with van der Waals surface area (Å²) in [5.41, 5.74) is 0.640. The van der Waals surface area contributed by atoms with Crippen molar-refractivity contribution in [3.05, 3.63) is 87.9 Å². The van der Waals surface area contributed by atoms with Gasteiger partial charge in [-0.25, -0.2) is 4.79 Å². The van der Waals surface area contributed by atoms with Crippen molar-refractivity contribution in [2.45, 2.75) is 85.0 Å². The van der Waals surface area contributed by atoms with Crippen molar-refractivity contribution < 1.29 is 29.3 Å². The number of benzene rings is 3. The first kappa shape index (κ1) is 34.3. The molecule has 4 N–H and O–H groups in total. The van der Waals surface area contributed by atoms with Gasteiger partial charge in [0.2, 0.25) is 5.91 Å². The first-order valence-electron chi connectivity index (χ1n) is 14.3. The van der Waals surface area contributed by atoms with Crippen molar-refractivity contribution in [3.63, 3.8) is 0 Å². The van der Waals surface area contributed by atoms with Gasteiger partial charge in [-0.3, -0.25) is 9.59 Å². The number of aryl methyl sites for hydroxylation is 2. The van der Waals surface area contributed by atoms with E-state index in [1.807, 2.05) is 0 Å². The molecule has 3 rings (SSSR count). The molecule has 0 aliphatic carbocycles. The molecule has 10 heteroatoms. The third kappa shape index (κ3) is 8.66. The quantitative estimate of drug-likeness (QED) is 0.218. The number of aromatic hydroxyl groups is 2. The zero-order chi connectivity index (χ0) is 33.0. The van der Waals surface area contributed by atoms with Crippen LogP contribution < -0.4 is 10.6 Å². The van der Waals surface area contributed by atoms with E-state index < -0.39 is 41.1 Å². The van der Waals surface area contributed by atoms with Crippen molar-refractivity contribution in [1.29, 1.82) is 0 Å². The lowest BCUT2D eigenvalue weighted by molar-refractivity contribution is -0.146. The van der Waals surface area contributed by atoms with Gasteiger partial charge in [0.05, 0.1) is 10.7 Å². The molecule has 9 nitrogen and oxygen atoms in total. The number of carbonyl (C=O) groups is 3. The Morgan fingerprint density at radius 1 is 0.886 bits per heavy atom. The minimum Gasteiger partial charge on any atom is -0.508 e. The Bertz CT molecular complexity index is 1490. The SMILES string of the molecule is Cc1cccc(C(C(=O)Nc2c(C)cccc2Cl)N(C(=O)C(Cc2ccc(O)cc2)NC(=O)OC(C)(C)C)C(C)(C)C)c1O. The van der Waals surface area contributed by atoms with E-state index in [1.165, 1.54) is 17.0 Å². The maximum atomic E-state index is 14.7. The average Bonchev–Trinajstić information content (AvgIpc) is 2.90. The van der Waals surface area contributed by atoms with Crippen LogP contribution in [0.5, 0.6) is 11.5 Å². The monoisotopic (exact) mass is 623 g/mol. The molecule has 0 radical (unpaired) electrons. The number of anilines is 1. The van der Waals surface area contributed by atoms with Crippen molar-refractivity contribution in [2.24, 2.45) is 0 Å². The fourth-order valence-electron chi connectivity index (χ4n) is 4.81. The molecule has 3 aromatic rings. The summed E-state index contributed by atoms with van der Waals surface area (Å²) >= 11 is 6.45. The number of alkyl carbamates (subject to hydrolysis) is 1. The van der Waals surface area contributed by atoms with Crippen molar-refractivity contribution in [3.8, 4) is 11.5 Å². The van der Waals surface area contributed by atoms with E-state index in [1.54, 1.807) is 104 Å². The lowest BCUT2D eigenvalue weighted by atomic mass is 9.92. The molecule has 0 aromatic heterocycles. The zero-order valence-electron chi connectivity index (χ0n) is 26.5. The normalized spacial score (nSPS) is 13.0. The maximum Gasteiger partial charge on any atom is 0.408 e. The van der Waals surface area contributed by atoms with E-state index in [2.05, 4.69) is 10.6 Å². The number of nitrogens with zero attached hydrogens (tertiary/aromatic N) is 1. The number of phenolic OH excluding ortho intramolecular Hbond substituents is 2. The molecular weight excluding hydrogens is 582 g/mol. The van der Waals surface area contributed by atoms with Crippen LogP contribution in [-0.4, -0.2) is 50.2 Å². The minimum absolute atomic E-state index is 0.0305. The van der Waals surface area contributed by atoms with E-state index in [4.69, 9.17) is 16.3 Å². The molecular formula is C34H42ClN3O6. The lowest BCUT2D eigenvalue weighted by Gasteiger charge is -2.43. The Morgan fingerprint density at radius 3 is 2.05 bits per heavy atom. The number of phenols is 2. The molecule has 2 unspecified atom stereocenters. The molecule has 0 saturated carbocycles. The number of carbonyl (C=O) groups excluding carboxylic acids is 3. The number of para-hydroxylation sites is 2. The molecule has 0 bridgehead atoms. The number of ether oxygens (including phenoxy) is 1. The van der Waals surface area contributed by atoms with Crippen molar-refractivity contribution in [2.75, 3.05) is 5.32 Å². The van der Waals surface area contributed by atoms with Crippen LogP contribution in [0.2, 0.25) is 5.02 Å². The summed E-state index contributed by atoms with van der Waals surface area (Å²) in [5.74, 6) is -1.28. The highest BCUT2D eigenvalue weighted by Crippen LogP contribution is 2.38. The number of halogens is 1. The smallest absolute Gasteiger partial charge is 0.408 e. The fourth-order valence-corrected chi connectivity index (χ4v) is 5.08. The number of hydrogen-bond acceptors (Lipinski definition) is 6. The van der Waals surface area contributed by atoms with Gasteiger partial charge in [0, 0.05) is 17.5 Å². The predicted molar refractivity (Wildman–Crippen MR) is 172 cm³/mol. The van der Waals surface area contributed by atoms with Crippen molar-refractivity contribution >= 4 is 35.2 Å². The molecule has 2 atom stereocenters. The number of amides is 3. The molecule has 236 valence electrons. The Kier molecular flexibility index (Phi) is 10.6. The Balaban J connectivity index is 2.18. The molecule has 3 amide bonds. The summed E-state index contributed by atoms with van der Waals surface area (Å²) in [7, 11) is 0. The number of rotatable bonds is 8. The van der Waals surface area contributed by atoms with Crippen LogP contribution >= 0.6 is 11.6 Å². The second kappa shape index (κ2) is 13.6. The van der Waals surface area contributed by atoms with E-state index in [0.29, 0.717) is 27.4 Å². The summed E-state index contributed by atoms with van der Waals surface area (Å²) in [6.07, 6.45) is -0.780. The van der Waals surface area contributed by atoms with Gasteiger partial charge in [0.15, 0.2) is 0 Å². The fraction of sp³-hybridized carbons (Fsp3) is 0.382. The van der Waals surface area contributed by atoms with E-state index in [0.717, 1.165) is 0 Å². The van der Waals surface area contributed by atoms with Gasteiger partial charge < -0.3 is 30.5 Å². The highest BCUT2D eigenvalue weighted by atomic mass is 35.5. The number of nitrogens with one attached hydrogen (secondary N) is 2. The molecule has 0 aliphatic rings. The van der Waals surface area contributed by atoms with Gasteiger partial charge in [-0.05, 0) is 90.3 Å². The van der Waals surface area contributed by atoms with Gasteiger partial charge in [-0.1, -0.05) is 54.1 Å². The van der Waals surface area contributed by atoms with Crippen molar-refractivity contribution in [1.82, 2.24) is 10.2 Å². The predicted octanol–water partition coefficient (Wildman–Crippen LogP) is 6.81. The van der Waals surface area contributed by atoms with Crippen LogP contribution in [-0.2, 0) is 20.7 Å². The molecule has 0 fully saturated rings. The Hall–Kier alpha value is -4.24. The first-order chi connectivity index (χ1) is 20.4. The van der Waals surface area contributed by atoms with Gasteiger partial charge in [-0.2, -0.15) is 0 Å². The molecule has 0 saturated heterocycles. The summed E-state index contributed by atoms with van der Waals surface area (Å²) in [5, 5.41) is 26.9. The maximum absolute atomic E-state index is 14.7. The van der Waals surface area contributed by atoms with Crippen LogP contribution in [0, 0.1) is 13.8 Å². The third-order valence-corrected chi connectivity index (χ3v) is 7.18. The van der Waals surface area contributed by atoms with Crippen LogP contribution in [0.4, 0.5) is 10.5 Å². The van der Waals surface area contributed by atoms with Crippen LogP contribution in [0.15, 0.2) is 60.7 Å². The standard InChI is InChI=1S/C34H42ClN3O6/c1-20-11-10-14-25(35)27(20)37-30(41)28(24-13-9-12-21(2)29(24)40)38(33(3,4)5)31(42)26(36-32(43)44-34(6,7)8)19-22-15-17-23(39)18-16-22/h9-18,26,28,39-40H,19H2,1-8H3,(H,36,43)(H,37,41). The molecule has 0 spiro atoms. The van der Waals surface area contributed by atoms with Crippen LogP contribution in [0.3, 0.4) is 0 Å². The van der Waals surface area contributed by atoms with Crippen LogP contribution in [0.1, 0.15) is 69.8 Å². The highest BCUT2D eigenvalue weighted by molar-refractivity contribution is 6.34. The molecule has 3 aromatic carbocycles. The minimum atomic E-state index is -1.33. The van der Waals surface area contributed by atoms with E-state index in [-0.39, 0.29) is 23.5 Å². The lowest BCUT2D eigenvalue weighted by Crippen LogP contribution is -2.58. The molecule has 0 aliphatic heterocycles. The first-order valence-corrected chi connectivity index (χ1v) is 14.7. The molecule has 0 heterocycles. The van der Waals surface area contributed by atoms with Gasteiger partial charge >= 0.3 is 6.09 Å². The van der Waals surface area contributed by atoms with Gasteiger partial charge in [0.25, 0.3) is 5.91 Å². The summed E-state index contributed by atoms with van der Waals surface area (Å²) in [6.45, 7) is 13.9.